The second-order valence-corrected chi connectivity index (χ2v) is 4.88. The van der Waals surface area contributed by atoms with Crippen LogP contribution in [0, 0.1) is 5.82 Å². The predicted molar refractivity (Wildman–Crippen MR) is 68.9 cm³/mol. The Kier molecular flexibility index (Phi) is 4.29. The summed E-state index contributed by atoms with van der Waals surface area (Å²) >= 11 is 1.67. The summed E-state index contributed by atoms with van der Waals surface area (Å²) in [7, 11) is 0. The van der Waals surface area contributed by atoms with E-state index in [-0.39, 0.29) is 18.3 Å². The molecule has 17 heavy (non-hydrogen) atoms. The lowest BCUT2D eigenvalue weighted by molar-refractivity contribution is 0.259. The van der Waals surface area contributed by atoms with Crippen LogP contribution in [0.15, 0.2) is 41.1 Å². The van der Waals surface area contributed by atoms with Gasteiger partial charge in [-0.1, -0.05) is 12.1 Å². The first-order valence-electron chi connectivity index (χ1n) is 5.67. The molecule has 1 aromatic heterocycles. The molecule has 1 nitrogen and oxygen atoms in total. The van der Waals surface area contributed by atoms with Gasteiger partial charge < -0.3 is 5.11 Å². The molecule has 0 amide bonds. The van der Waals surface area contributed by atoms with E-state index in [1.807, 2.05) is 11.4 Å². The van der Waals surface area contributed by atoms with Gasteiger partial charge in [0.15, 0.2) is 0 Å². The van der Waals surface area contributed by atoms with Crippen molar-refractivity contribution >= 4 is 11.3 Å². The normalized spacial score (nSPS) is 12.6. The highest BCUT2D eigenvalue weighted by Crippen LogP contribution is 2.22. The van der Waals surface area contributed by atoms with Gasteiger partial charge in [-0.3, -0.25) is 0 Å². The molecular formula is C14H15FOS. The number of halogens is 1. The minimum absolute atomic E-state index is 0.0191. The van der Waals surface area contributed by atoms with Crippen LogP contribution in [-0.2, 0) is 6.42 Å². The third-order valence-electron chi connectivity index (χ3n) is 2.90. The van der Waals surface area contributed by atoms with Gasteiger partial charge in [0.05, 0.1) is 0 Å². The van der Waals surface area contributed by atoms with Crippen molar-refractivity contribution in [1.29, 1.82) is 0 Å². The second kappa shape index (κ2) is 5.94. The molecule has 0 spiro atoms. The molecule has 2 rings (SSSR count). The van der Waals surface area contributed by atoms with Crippen LogP contribution < -0.4 is 0 Å². The average molecular weight is 250 g/mol. The Balaban J connectivity index is 2.01. The fourth-order valence-electron chi connectivity index (χ4n) is 1.90. The van der Waals surface area contributed by atoms with Gasteiger partial charge in [-0.05, 0) is 52.9 Å². The van der Waals surface area contributed by atoms with Crippen molar-refractivity contribution in [1.82, 2.24) is 0 Å². The van der Waals surface area contributed by atoms with E-state index in [4.69, 9.17) is 0 Å². The van der Waals surface area contributed by atoms with E-state index in [0.717, 1.165) is 18.4 Å². The molecule has 2 aromatic rings. The molecular weight excluding hydrogens is 235 g/mol. The highest BCUT2D eigenvalue weighted by molar-refractivity contribution is 7.07. The van der Waals surface area contributed by atoms with Crippen LogP contribution in [0.5, 0.6) is 0 Å². The Bertz CT molecular complexity index is 453. The standard InChI is InChI=1S/C14H15FOS/c15-14-3-1-2-12(8-14)13(9-16)5-4-11-6-7-17-10-11/h1-3,6-8,10,13,16H,4-5,9H2. The number of aryl methyl sites for hydroxylation is 1. The van der Waals surface area contributed by atoms with E-state index in [2.05, 4.69) is 11.4 Å². The number of hydrogen-bond donors (Lipinski definition) is 1. The summed E-state index contributed by atoms with van der Waals surface area (Å²) in [6.07, 6.45) is 1.77. The number of thiophene rings is 1. The zero-order chi connectivity index (χ0) is 12.1. The number of hydrogen-bond acceptors (Lipinski definition) is 2. The molecule has 90 valence electrons. The number of rotatable bonds is 5. The maximum atomic E-state index is 13.1. The van der Waals surface area contributed by atoms with E-state index < -0.39 is 0 Å². The lowest BCUT2D eigenvalue weighted by Gasteiger charge is -2.14. The van der Waals surface area contributed by atoms with Gasteiger partial charge in [-0.15, -0.1) is 0 Å². The molecule has 0 radical (unpaired) electrons. The summed E-state index contributed by atoms with van der Waals surface area (Å²) < 4.78 is 13.1. The van der Waals surface area contributed by atoms with E-state index in [9.17, 15) is 9.50 Å². The highest BCUT2D eigenvalue weighted by atomic mass is 32.1. The summed E-state index contributed by atoms with van der Waals surface area (Å²) in [5.41, 5.74) is 2.16. The number of aliphatic hydroxyl groups is 1. The summed E-state index contributed by atoms with van der Waals surface area (Å²) in [6, 6.07) is 8.59. The Hall–Kier alpha value is -1.19. The van der Waals surface area contributed by atoms with Crippen LogP contribution in [0.2, 0.25) is 0 Å². The van der Waals surface area contributed by atoms with Crippen molar-refractivity contribution in [2.75, 3.05) is 6.61 Å². The van der Waals surface area contributed by atoms with Crippen LogP contribution in [0.1, 0.15) is 23.5 Å². The summed E-state index contributed by atoms with van der Waals surface area (Å²) in [6.45, 7) is 0.0631. The van der Waals surface area contributed by atoms with Gasteiger partial charge in [-0.25, -0.2) is 4.39 Å². The molecule has 1 N–H and O–H groups in total. The van der Waals surface area contributed by atoms with Crippen LogP contribution >= 0.6 is 11.3 Å². The van der Waals surface area contributed by atoms with Crippen molar-refractivity contribution in [3.63, 3.8) is 0 Å². The maximum Gasteiger partial charge on any atom is 0.123 e. The Morgan fingerprint density at radius 2 is 2.18 bits per heavy atom. The fourth-order valence-corrected chi connectivity index (χ4v) is 2.60. The first-order chi connectivity index (χ1) is 8.29. The first kappa shape index (κ1) is 12.3. The van der Waals surface area contributed by atoms with Gasteiger partial charge in [0, 0.05) is 12.5 Å². The maximum absolute atomic E-state index is 13.1. The van der Waals surface area contributed by atoms with Crippen molar-refractivity contribution in [3.05, 3.63) is 58.0 Å². The Morgan fingerprint density at radius 1 is 1.29 bits per heavy atom. The zero-order valence-electron chi connectivity index (χ0n) is 9.47. The van der Waals surface area contributed by atoms with Gasteiger partial charge in [0.25, 0.3) is 0 Å². The molecule has 0 aliphatic heterocycles. The molecule has 0 fully saturated rings. The molecule has 0 aliphatic carbocycles. The largest absolute Gasteiger partial charge is 0.396 e. The van der Waals surface area contributed by atoms with Crippen LogP contribution in [-0.4, -0.2) is 11.7 Å². The minimum Gasteiger partial charge on any atom is -0.396 e. The van der Waals surface area contributed by atoms with E-state index in [1.54, 1.807) is 17.4 Å². The molecule has 1 aromatic carbocycles. The van der Waals surface area contributed by atoms with Crippen LogP contribution in [0.3, 0.4) is 0 Å². The summed E-state index contributed by atoms with van der Waals surface area (Å²) in [5.74, 6) is -0.220. The zero-order valence-corrected chi connectivity index (χ0v) is 10.3. The Morgan fingerprint density at radius 3 is 2.82 bits per heavy atom. The first-order valence-corrected chi connectivity index (χ1v) is 6.61. The molecule has 1 atom stereocenters. The SMILES string of the molecule is OCC(CCc1ccsc1)c1cccc(F)c1. The van der Waals surface area contributed by atoms with Gasteiger partial charge in [0.1, 0.15) is 5.82 Å². The Labute approximate surface area is 105 Å². The van der Waals surface area contributed by atoms with E-state index >= 15 is 0 Å². The third-order valence-corrected chi connectivity index (χ3v) is 3.63. The molecule has 0 saturated heterocycles. The predicted octanol–water partition coefficient (Wildman–Crippen LogP) is 3.60. The summed E-state index contributed by atoms with van der Waals surface area (Å²) in [5, 5.41) is 13.5. The van der Waals surface area contributed by atoms with Crippen LogP contribution in [0.25, 0.3) is 0 Å². The molecule has 3 heteroatoms. The van der Waals surface area contributed by atoms with E-state index in [0.29, 0.717) is 0 Å². The molecule has 0 bridgehead atoms. The monoisotopic (exact) mass is 250 g/mol. The fraction of sp³-hybridized carbons (Fsp3) is 0.286. The smallest absolute Gasteiger partial charge is 0.123 e. The third kappa shape index (κ3) is 3.38. The van der Waals surface area contributed by atoms with Crippen molar-refractivity contribution in [3.8, 4) is 0 Å². The topological polar surface area (TPSA) is 20.2 Å². The molecule has 1 unspecified atom stereocenters. The van der Waals surface area contributed by atoms with E-state index in [1.165, 1.54) is 17.7 Å². The van der Waals surface area contributed by atoms with Gasteiger partial charge >= 0.3 is 0 Å². The van der Waals surface area contributed by atoms with Crippen LogP contribution in [0.4, 0.5) is 4.39 Å². The van der Waals surface area contributed by atoms with Gasteiger partial charge in [-0.2, -0.15) is 11.3 Å². The number of benzene rings is 1. The molecule has 0 aliphatic rings. The highest BCUT2D eigenvalue weighted by Gasteiger charge is 2.11. The summed E-state index contributed by atoms with van der Waals surface area (Å²) in [4.78, 5) is 0. The second-order valence-electron chi connectivity index (χ2n) is 4.10. The van der Waals surface area contributed by atoms with Gasteiger partial charge in [0.2, 0.25) is 0 Å². The van der Waals surface area contributed by atoms with Crippen molar-refractivity contribution in [2.24, 2.45) is 0 Å². The van der Waals surface area contributed by atoms with Crippen molar-refractivity contribution < 1.29 is 9.50 Å². The average Bonchev–Trinajstić information content (AvgIpc) is 2.83. The number of aliphatic hydroxyl groups excluding tert-OH is 1. The molecule has 0 saturated carbocycles. The molecule has 1 heterocycles. The minimum atomic E-state index is -0.239. The van der Waals surface area contributed by atoms with Crippen molar-refractivity contribution in [2.45, 2.75) is 18.8 Å². The lowest BCUT2D eigenvalue weighted by Crippen LogP contribution is -2.05. The quantitative estimate of drug-likeness (QED) is 0.859. The lowest BCUT2D eigenvalue weighted by atomic mass is 9.93.